The molecule has 0 bridgehead atoms. The summed E-state index contributed by atoms with van der Waals surface area (Å²) in [6, 6.07) is 7.42. The van der Waals surface area contributed by atoms with Gasteiger partial charge in [-0.2, -0.15) is 0 Å². The zero-order valence-electron chi connectivity index (χ0n) is 10.0. The van der Waals surface area contributed by atoms with Crippen LogP contribution < -0.4 is 0 Å². The molecule has 0 fully saturated rings. The molecule has 4 heteroatoms. The van der Waals surface area contributed by atoms with E-state index in [1.54, 1.807) is 0 Å². The van der Waals surface area contributed by atoms with E-state index in [0.29, 0.717) is 18.7 Å². The maximum Gasteiger partial charge on any atom is 0.177 e. The summed E-state index contributed by atoms with van der Waals surface area (Å²) < 4.78 is 0.824. The Bertz CT molecular complexity index is 362. The van der Waals surface area contributed by atoms with Gasteiger partial charge < -0.3 is 5.11 Å². The van der Waals surface area contributed by atoms with Crippen LogP contribution in [0.3, 0.4) is 0 Å². The third-order valence-electron chi connectivity index (χ3n) is 2.50. The Kier molecular flexibility index (Phi) is 6.40. The topological polar surface area (TPSA) is 40.5 Å². The minimum absolute atomic E-state index is 0.0828. The molecule has 1 aromatic carbocycles. The standard InChI is InChI=1S/C13H18BrNO2/c1-2-7-15(8-9-16)10-13(17)11-5-3-4-6-12(11)14/h3-6,16H,2,7-10H2,1H3. The van der Waals surface area contributed by atoms with Crippen molar-refractivity contribution in [3.63, 3.8) is 0 Å². The van der Waals surface area contributed by atoms with Gasteiger partial charge in [-0.25, -0.2) is 0 Å². The summed E-state index contributed by atoms with van der Waals surface area (Å²) in [7, 11) is 0. The first-order valence-electron chi connectivity index (χ1n) is 5.80. The van der Waals surface area contributed by atoms with Crippen LogP contribution in [0, 0.1) is 0 Å². The molecule has 0 amide bonds. The molecule has 0 saturated heterocycles. The van der Waals surface area contributed by atoms with E-state index < -0.39 is 0 Å². The van der Waals surface area contributed by atoms with Crippen molar-refractivity contribution in [2.24, 2.45) is 0 Å². The Balaban J connectivity index is 2.67. The number of Topliss-reactive ketones (excluding diaryl/α,β-unsaturated/α-hetero) is 1. The van der Waals surface area contributed by atoms with Crippen molar-refractivity contribution in [1.29, 1.82) is 0 Å². The number of halogens is 1. The van der Waals surface area contributed by atoms with Crippen molar-refractivity contribution in [3.8, 4) is 0 Å². The summed E-state index contributed by atoms with van der Waals surface area (Å²) in [6.07, 6.45) is 0.975. The lowest BCUT2D eigenvalue weighted by molar-refractivity contribution is 0.0914. The molecule has 0 radical (unpaired) electrons. The molecule has 1 rings (SSSR count). The fourth-order valence-corrected chi connectivity index (χ4v) is 2.21. The number of hydrogen-bond donors (Lipinski definition) is 1. The third kappa shape index (κ3) is 4.58. The summed E-state index contributed by atoms with van der Waals surface area (Å²) in [4.78, 5) is 14.0. The zero-order valence-corrected chi connectivity index (χ0v) is 11.6. The van der Waals surface area contributed by atoms with Gasteiger partial charge in [0.05, 0.1) is 13.2 Å². The second-order valence-electron chi connectivity index (χ2n) is 3.90. The predicted molar refractivity (Wildman–Crippen MR) is 72.3 cm³/mol. The smallest absolute Gasteiger partial charge is 0.177 e. The molecule has 0 aliphatic rings. The zero-order chi connectivity index (χ0) is 12.7. The van der Waals surface area contributed by atoms with Gasteiger partial charge in [-0.05, 0) is 19.0 Å². The normalized spacial score (nSPS) is 10.8. The average molecular weight is 300 g/mol. The molecule has 0 heterocycles. The fourth-order valence-electron chi connectivity index (χ4n) is 1.70. The lowest BCUT2D eigenvalue weighted by Crippen LogP contribution is -2.33. The van der Waals surface area contributed by atoms with Gasteiger partial charge in [-0.15, -0.1) is 0 Å². The molecular formula is C13H18BrNO2. The lowest BCUT2D eigenvalue weighted by atomic mass is 10.1. The number of nitrogens with zero attached hydrogens (tertiary/aromatic N) is 1. The Morgan fingerprint density at radius 3 is 2.65 bits per heavy atom. The van der Waals surface area contributed by atoms with Crippen LogP contribution in [0.5, 0.6) is 0 Å². The van der Waals surface area contributed by atoms with Crippen molar-refractivity contribution in [3.05, 3.63) is 34.3 Å². The van der Waals surface area contributed by atoms with Crippen molar-refractivity contribution in [2.45, 2.75) is 13.3 Å². The summed E-state index contributed by atoms with van der Waals surface area (Å²) >= 11 is 3.38. The van der Waals surface area contributed by atoms with Gasteiger partial charge in [0.25, 0.3) is 0 Å². The number of hydrogen-bond acceptors (Lipinski definition) is 3. The van der Waals surface area contributed by atoms with Crippen molar-refractivity contribution >= 4 is 21.7 Å². The first-order chi connectivity index (χ1) is 8.19. The highest BCUT2D eigenvalue weighted by atomic mass is 79.9. The first kappa shape index (κ1) is 14.4. The Labute approximate surface area is 111 Å². The fraction of sp³-hybridized carbons (Fsp3) is 0.462. The Hall–Kier alpha value is -0.710. The van der Waals surface area contributed by atoms with Crippen LogP contribution in [0.25, 0.3) is 0 Å². The minimum Gasteiger partial charge on any atom is -0.395 e. The van der Waals surface area contributed by atoms with Crippen molar-refractivity contribution in [1.82, 2.24) is 4.90 Å². The van der Waals surface area contributed by atoms with E-state index in [9.17, 15) is 4.79 Å². The van der Waals surface area contributed by atoms with E-state index >= 15 is 0 Å². The number of aliphatic hydroxyl groups is 1. The van der Waals surface area contributed by atoms with Gasteiger partial charge in [0.1, 0.15) is 0 Å². The van der Waals surface area contributed by atoms with Crippen molar-refractivity contribution < 1.29 is 9.90 Å². The minimum atomic E-state index is 0.0828. The average Bonchev–Trinajstić information content (AvgIpc) is 2.30. The molecule has 0 aliphatic carbocycles. The maximum absolute atomic E-state index is 12.1. The third-order valence-corrected chi connectivity index (χ3v) is 3.19. The number of ketones is 1. The Morgan fingerprint density at radius 1 is 1.35 bits per heavy atom. The van der Waals surface area contributed by atoms with Crippen molar-refractivity contribution in [2.75, 3.05) is 26.2 Å². The molecule has 1 aromatic rings. The number of carbonyl (C=O) groups excluding carboxylic acids is 1. The molecular weight excluding hydrogens is 282 g/mol. The van der Waals surface area contributed by atoms with Gasteiger partial charge in [0, 0.05) is 16.6 Å². The van der Waals surface area contributed by atoms with Crippen LogP contribution in [0.4, 0.5) is 0 Å². The first-order valence-corrected chi connectivity index (χ1v) is 6.59. The highest BCUT2D eigenvalue weighted by molar-refractivity contribution is 9.10. The van der Waals surface area contributed by atoms with Crippen LogP contribution in [-0.2, 0) is 0 Å². The number of carbonyl (C=O) groups is 1. The van der Waals surface area contributed by atoms with E-state index in [4.69, 9.17) is 5.11 Å². The van der Waals surface area contributed by atoms with Crippen LogP contribution in [-0.4, -0.2) is 42.0 Å². The van der Waals surface area contributed by atoms with E-state index in [1.165, 1.54) is 0 Å². The Morgan fingerprint density at radius 2 is 2.06 bits per heavy atom. The monoisotopic (exact) mass is 299 g/mol. The molecule has 0 unspecified atom stereocenters. The number of aliphatic hydroxyl groups excluding tert-OH is 1. The van der Waals surface area contributed by atoms with E-state index in [2.05, 4.69) is 22.9 Å². The molecule has 0 spiro atoms. The molecule has 1 N–H and O–H groups in total. The number of benzene rings is 1. The highest BCUT2D eigenvalue weighted by Gasteiger charge is 2.13. The maximum atomic E-state index is 12.1. The molecule has 0 aromatic heterocycles. The molecule has 94 valence electrons. The van der Waals surface area contributed by atoms with E-state index in [0.717, 1.165) is 17.4 Å². The lowest BCUT2D eigenvalue weighted by Gasteiger charge is -2.19. The number of rotatable bonds is 7. The van der Waals surface area contributed by atoms with Gasteiger partial charge in [-0.1, -0.05) is 41.1 Å². The summed E-state index contributed by atoms with van der Waals surface area (Å²) in [5.41, 5.74) is 0.701. The summed E-state index contributed by atoms with van der Waals surface area (Å²) in [5.74, 6) is 0.0828. The molecule has 0 saturated carbocycles. The van der Waals surface area contributed by atoms with Gasteiger partial charge >= 0.3 is 0 Å². The van der Waals surface area contributed by atoms with Gasteiger partial charge in [0.15, 0.2) is 5.78 Å². The second kappa shape index (κ2) is 7.58. The molecule has 17 heavy (non-hydrogen) atoms. The SMILES string of the molecule is CCCN(CCO)CC(=O)c1ccccc1Br. The summed E-state index contributed by atoms with van der Waals surface area (Å²) in [5, 5.41) is 8.94. The van der Waals surface area contributed by atoms with Gasteiger partial charge in [-0.3, -0.25) is 9.69 Å². The van der Waals surface area contributed by atoms with E-state index in [1.807, 2.05) is 29.2 Å². The van der Waals surface area contributed by atoms with Crippen LogP contribution in [0.2, 0.25) is 0 Å². The van der Waals surface area contributed by atoms with Crippen LogP contribution in [0.1, 0.15) is 23.7 Å². The highest BCUT2D eigenvalue weighted by Crippen LogP contribution is 2.16. The van der Waals surface area contributed by atoms with E-state index in [-0.39, 0.29) is 12.4 Å². The van der Waals surface area contributed by atoms with Crippen LogP contribution in [0.15, 0.2) is 28.7 Å². The predicted octanol–water partition coefficient (Wildman–Crippen LogP) is 2.34. The molecule has 0 atom stereocenters. The molecule has 0 aliphatic heterocycles. The molecule has 3 nitrogen and oxygen atoms in total. The largest absolute Gasteiger partial charge is 0.395 e. The summed E-state index contributed by atoms with van der Waals surface area (Å²) in [6.45, 7) is 3.88. The van der Waals surface area contributed by atoms with Crippen LogP contribution >= 0.6 is 15.9 Å². The quantitative estimate of drug-likeness (QED) is 0.786. The van der Waals surface area contributed by atoms with Gasteiger partial charge in [0.2, 0.25) is 0 Å². The second-order valence-corrected chi connectivity index (χ2v) is 4.76.